The summed E-state index contributed by atoms with van der Waals surface area (Å²) in [5.41, 5.74) is 4.03. The van der Waals surface area contributed by atoms with Crippen molar-refractivity contribution in [1.82, 2.24) is 9.62 Å². The van der Waals surface area contributed by atoms with Crippen molar-refractivity contribution in [3.05, 3.63) is 76.0 Å². The molecule has 0 amide bonds. The normalized spacial score (nSPS) is 20.0. The molecule has 146 valence electrons. The van der Waals surface area contributed by atoms with Crippen molar-refractivity contribution in [2.24, 2.45) is 0 Å². The van der Waals surface area contributed by atoms with E-state index < -0.39 is 16.1 Å². The Morgan fingerprint density at radius 2 is 1.68 bits per heavy atom. The second-order valence-corrected chi connectivity index (χ2v) is 9.85. The van der Waals surface area contributed by atoms with Crippen LogP contribution in [0.15, 0.2) is 64.7 Å². The summed E-state index contributed by atoms with van der Waals surface area (Å²) in [6.45, 7) is 1.93. The van der Waals surface area contributed by atoms with Gasteiger partial charge in [-0.1, -0.05) is 41.4 Å². The summed E-state index contributed by atoms with van der Waals surface area (Å²) in [6.07, 6.45) is 3.85. The van der Waals surface area contributed by atoms with E-state index in [0.29, 0.717) is 5.02 Å². The number of nitrogens with zero attached hydrogens (tertiary/aromatic N) is 1. The molecule has 0 saturated heterocycles. The SMILES string of the molecule is Cc1ccc(S(=O)(=O)N2C(=S)NC3=C(CCCC3)C2c2ccc(Cl)cc2)cc1. The van der Waals surface area contributed by atoms with Crippen molar-refractivity contribution < 1.29 is 8.42 Å². The molecule has 1 heterocycles. The first kappa shape index (κ1) is 19.4. The fourth-order valence-electron chi connectivity index (χ4n) is 3.87. The van der Waals surface area contributed by atoms with Gasteiger partial charge in [-0.15, -0.1) is 0 Å². The molecule has 2 aliphatic rings. The van der Waals surface area contributed by atoms with E-state index >= 15 is 0 Å². The van der Waals surface area contributed by atoms with Gasteiger partial charge in [0, 0.05) is 10.7 Å². The lowest BCUT2D eigenvalue weighted by Crippen LogP contribution is -2.50. The summed E-state index contributed by atoms with van der Waals surface area (Å²) in [5.74, 6) is 0. The topological polar surface area (TPSA) is 49.4 Å². The van der Waals surface area contributed by atoms with Crippen LogP contribution in [-0.2, 0) is 10.0 Å². The number of hydrogen-bond acceptors (Lipinski definition) is 3. The van der Waals surface area contributed by atoms with E-state index in [1.807, 2.05) is 19.1 Å². The molecule has 28 heavy (non-hydrogen) atoms. The van der Waals surface area contributed by atoms with Crippen LogP contribution in [0.1, 0.15) is 42.9 Å². The summed E-state index contributed by atoms with van der Waals surface area (Å²) >= 11 is 11.6. The minimum Gasteiger partial charge on any atom is -0.335 e. The molecule has 1 unspecified atom stereocenters. The number of rotatable bonds is 3. The van der Waals surface area contributed by atoms with E-state index in [9.17, 15) is 8.42 Å². The molecular formula is C21H21ClN2O2S2. The highest BCUT2D eigenvalue weighted by molar-refractivity contribution is 7.91. The predicted molar refractivity (Wildman–Crippen MR) is 116 cm³/mol. The lowest BCUT2D eigenvalue weighted by molar-refractivity contribution is 0.428. The Balaban J connectivity index is 1.88. The Morgan fingerprint density at radius 3 is 2.36 bits per heavy atom. The summed E-state index contributed by atoms with van der Waals surface area (Å²) in [4.78, 5) is 0.237. The highest BCUT2D eigenvalue weighted by Gasteiger charge is 2.41. The van der Waals surface area contributed by atoms with Crippen molar-refractivity contribution >= 4 is 39.0 Å². The molecule has 4 nitrogen and oxygen atoms in total. The lowest BCUT2D eigenvalue weighted by atomic mass is 9.86. The zero-order valence-corrected chi connectivity index (χ0v) is 17.9. The van der Waals surface area contributed by atoms with Gasteiger partial charge < -0.3 is 5.32 Å². The summed E-state index contributed by atoms with van der Waals surface area (Å²) in [5, 5.41) is 4.04. The maximum absolute atomic E-state index is 13.6. The number of nitrogens with one attached hydrogen (secondary N) is 1. The van der Waals surface area contributed by atoms with Crippen molar-refractivity contribution in [3.8, 4) is 0 Å². The quantitative estimate of drug-likeness (QED) is 0.686. The van der Waals surface area contributed by atoms with Gasteiger partial charge in [-0.2, -0.15) is 0 Å². The first-order chi connectivity index (χ1) is 13.4. The molecule has 0 aromatic heterocycles. The second-order valence-electron chi connectivity index (χ2n) is 7.21. The van der Waals surface area contributed by atoms with Gasteiger partial charge in [0.1, 0.15) is 0 Å². The summed E-state index contributed by atoms with van der Waals surface area (Å²) in [6, 6.07) is 13.8. The Bertz CT molecular complexity index is 1040. The number of sulfonamides is 1. The average molecular weight is 433 g/mol. The van der Waals surface area contributed by atoms with Crippen LogP contribution in [0.4, 0.5) is 0 Å². The van der Waals surface area contributed by atoms with E-state index in [0.717, 1.165) is 48.1 Å². The number of benzene rings is 2. The van der Waals surface area contributed by atoms with Gasteiger partial charge >= 0.3 is 0 Å². The fourth-order valence-corrected chi connectivity index (χ4v) is 6.02. The van der Waals surface area contributed by atoms with Crippen LogP contribution >= 0.6 is 23.8 Å². The highest BCUT2D eigenvalue weighted by Crippen LogP contribution is 2.42. The van der Waals surface area contributed by atoms with Gasteiger partial charge in [0.15, 0.2) is 5.11 Å². The van der Waals surface area contributed by atoms with Gasteiger partial charge in [0.2, 0.25) is 0 Å². The van der Waals surface area contributed by atoms with Crippen molar-refractivity contribution in [1.29, 1.82) is 0 Å². The highest BCUT2D eigenvalue weighted by atomic mass is 35.5. The van der Waals surface area contributed by atoms with Crippen LogP contribution in [0.25, 0.3) is 0 Å². The molecule has 0 saturated carbocycles. The molecule has 1 atom stereocenters. The monoisotopic (exact) mass is 432 g/mol. The minimum atomic E-state index is -3.82. The van der Waals surface area contributed by atoms with Gasteiger partial charge in [0.25, 0.3) is 10.0 Å². The standard InChI is InChI=1S/C21H21ClN2O2S2/c1-14-6-12-17(13-7-14)28(25,26)24-20(15-8-10-16(22)11-9-15)18-4-2-3-5-19(18)23-21(24)27/h6-13,20H,2-5H2,1H3,(H,23,27). The van der Waals surface area contributed by atoms with Gasteiger partial charge in [-0.3, -0.25) is 0 Å². The van der Waals surface area contributed by atoms with Crippen LogP contribution in [0.3, 0.4) is 0 Å². The fraction of sp³-hybridized carbons (Fsp3) is 0.286. The van der Waals surface area contributed by atoms with Crippen LogP contribution in [-0.4, -0.2) is 17.8 Å². The Morgan fingerprint density at radius 1 is 1.04 bits per heavy atom. The molecule has 0 spiro atoms. The van der Waals surface area contributed by atoms with Crippen LogP contribution < -0.4 is 5.32 Å². The number of aryl methyl sites for hydroxylation is 1. The summed E-state index contributed by atoms with van der Waals surface area (Å²) in [7, 11) is -3.82. The zero-order chi connectivity index (χ0) is 19.9. The van der Waals surface area contributed by atoms with E-state index in [1.165, 1.54) is 4.31 Å². The van der Waals surface area contributed by atoms with Gasteiger partial charge in [-0.25, -0.2) is 12.7 Å². The van der Waals surface area contributed by atoms with Gasteiger partial charge in [0.05, 0.1) is 10.9 Å². The van der Waals surface area contributed by atoms with E-state index in [4.69, 9.17) is 23.8 Å². The molecule has 4 rings (SSSR count). The number of halogens is 1. The third-order valence-electron chi connectivity index (χ3n) is 5.30. The maximum atomic E-state index is 13.6. The second kappa shape index (κ2) is 7.50. The van der Waals surface area contributed by atoms with E-state index in [1.54, 1.807) is 36.4 Å². The number of hydrogen-bond donors (Lipinski definition) is 1. The molecule has 7 heteroatoms. The molecule has 2 aromatic carbocycles. The molecule has 0 fully saturated rings. The molecule has 1 N–H and O–H groups in total. The van der Waals surface area contributed by atoms with Crippen molar-refractivity contribution in [2.45, 2.75) is 43.5 Å². The Hall–Kier alpha value is -1.89. The number of thiocarbonyl (C=S) groups is 1. The minimum absolute atomic E-state index is 0.223. The lowest BCUT2D eigenvalue weighted by Gasteiger charge is -2.42. The third kappa shape index (κ3) is 3.45. The van der Waals surface area contributed by atoms with Crippen LogP contribution in [0.5, 0.6) is 0 Å². The van der Waals surface area contributed by atoms with Crippen LogP contribution in [0.2, 0.25) is 5.02 Å². The molecule has 0 bridgehead atoms. The van der Waals surface area contributed by atoms with Crippen molar-refractivity contribution in [2.75, 3.05) is 0 Å². The zero-order valence-electron chi connectivity index (χ0n) is 15.5. The van der Waals surface area contributed by atoms with Crippen LogP contribution in [0, 0.1) is 6.92 Å². The molecule has 1 aliphatic heterocycles. The predicted octanol–water partition coefficient (Wildman–Crippen LogP) is 5.10. The largest absolute Gasteiger partial charge is 0.335 e. The average Bonchev–Trinajstić information content (AvgIpc) is 2.68. The Kier molecular flexibility index (Phi) is 5.21. The maximum Gasteiger partial charge on any atom is 0.266 e. The molecule has 2 aromatic rings. The molecule has 0 radical (unpaired) electrons. The number of allylic oxidation sites excluding steroid dienone is 1. The third-order valence-corrected chi connectivity index (χ3v) is 7.74. The molecule has 1 aliphatic carbocycles. The van der Waals surface area contributed by atoms with E-state index in [-0.39, 0.29) is 10.0 Å². The van der Waals surface area contributed by atoms with Crippen molar-refractivity contribution in [3.63, 3.8) is 0 Å². The summed E-state index contributed by atoms with van der Waals surface area (Å²) < 4.78 is 28.5. The first-order valence-electron chi connectivity index (χ1n) is 9.27. The van der Waals surface area contributed by atoms with Gasteiger partial charge in [-0.05, 0) is 80.2 Å². The first-order valence-corrected chi connectivity index (χ1v) is 11.5. The smallest absolute Gasteiger partial charge is 0.266 e. The molecular weight excluding hydrogens is 412 g/mol. The Labute approximate surface area is 176 Å². The van der Waals surface area contributed by atoms with E-state index in [2.05, 4.69) is 5.32 Å².